The zero-order valence-electron chi connectivity index (χ0n) is 2.36. The summed E-state index contributed by atoms with van der Waals surface area (Å²) in [6.07, 6.45) is 0. The molecule has 0 radical (unpaired) electrons. The van der Waals surface area contributed by atoms with Crippen molar-refractivity contribution in [1.82, 2.24) is 0 Å². The van der Waals surface area contributed by atoms with E-state index in [1.54, 1.807) is 0 Å². The van der Waals surface area contributed by atoms with Crippen molar-refractivity contribution in [2.24, 2.45) is 0 Å². The first-order chi connectivity index (χ1) is 1.73. The monoisotopic (exact) mass is 68.0 g/mol. The van der Waals surface area contributed by atoms with Crippen molar-refractivity contribution >= 4 is 24.8 Å². The molecule has 0 atom stereocenters. The van der Waals surface area contributed by atoms with Gasteiger partial charge in [0, 0.05) is 6.92 Å². The van der Waals surface area contributed by atoms with Gasteiger partial charge in [0.05, 0.1) is 0 Å². The summed E-state index contributed by atoms with van der Waals surface area (Å²) in [6.45, 7) is 1.08. The van der Waals surface area contributed by atoms with Gasteiger partial charge in [-0.1, -0.05) is 0 Å². The molecule has 2 nitrogen and oxygen atoms in total. The zero-order valence-corrected chi connectivity index (χ0v) is 2.36. The Hall–Kier alpha value is 0.0674. The molecular formula is C2H5LiO2. The fourth-order valence-electron chi connectivity index (χ4n) is 0. The van der Waals surface area contributed by atoms with Gasteiger partial charge in [0.2, 0.25) is 0 Å². The molecule has 0 spiro atoms. The molecule has 0 rings (SSSR count). The average molecular weight is 68.0 g/mol. The predicted octanol–water partition coefficient (Wildman–Crippen LogP) is -0.558. The van der Waals surface area contributed by atoms with Crippen LogP contribution in [0.25, 0.3) is 0 Å². The van der Waals surface area contributed by atoms with Crippen LogP contribution in [0.15, 0.2) is 0 Å². The van der Waals surface area contributed by atoms with E-state index < -0.39 is 5.97 Å². The summed E-state index contributed by atoms with van der Waals surface area (Å²) in [7, 11) is 0. The van der Waals surface area contributed by atoms with Crippen LogP contribution in [0, 0.1) is 0 Å². The third-order valence-electron chi connectivity index (χ3n) is 0. The Bertz CT molecular complexity index is 30.6. The third kappa shape index (κ3) is 3830. The quantitative estimate of drug-likeness (QED) is 0.386. The van der Waals surface area contributed by atoms with Crippen LogP contribution in [0.4, 0.5) is 0 Å². The molecule has 3 heteroatoms. The van der Waals surface area contributed by atoms with Crippen molar-refractivity contribution < 1.29 is 9.90 Å². The fraction of sp³-hybridized carbons (Fsp3) is 0.500. The molecule has 0 unspecified atom stereocenters. The molecule has 0 fully saturated rings. The molecule has 0 aromatic rings. The van der Waals surface area contributed by atoms with Gasteiger partial charge in [-0.2, -0.15) is 0 Å². The molecule has 0 aliphatic rings. The predicted molar refractivity (Wildman–Crippen MR) is 20.5 cm³/mol. The summed E-state index contributed by atoms with van der Waals surface area (Å²) in [5, 5.41) is 7.42. The van der Waals surface area contributed by atoms with E-state index in [4.69, 9.17) is 9.90 Å². The van der Waals surface area contributed by atoms with Crippen molar-refractivity contribution in [2.75, 3.05) is 0 Å². The van der Waals surface area contributed by atoms with Gasteiger partial charge in [-0.15, -0.1) is 0 Å². The van der Waals surface area contributed by atoms with Crippen LogP contribution in [-0.2, 0) is 4.79 Å². The van der Waals surface area contributed by atoms with E-state index in [0.717, 1.165) is 6.92 Å². The molecule has 1 N–H and O–H groups in total. The van der Waals surface area contributed by atoms with Crippen LogP contribution in [0.1, 0.15) is 6.92 Å². The molecule has 0 amide bonds. The van der Waals surface area contributed by atoms with Gasteiger partial charge in [0.15, 0.2) is 0 Å². The standard InChI is InChI=1S/C2H4O2.Li.H/c1-2(3)4;;/h1H3,(H,3,4);;. The van der Waals surface area contributed by atoms with Gasteiger partial charge in [-0.3, -0.25) is 4.79 Å². The number of hydrogen-bond acceptors (Lipinski definition) is 1. The van der Waals surface area contributed by atoms with Gasteiger partial charge in [0.25, 0.3) is 5.97 Å². The second-order valence-corrected chi connectivity index (χ2v) is 0.519. The van der Waals surface area contributed by atoms with Gasteiger partial charge in [-0.05, 0) is 0 Å². The molecule has 5 heavy (non-hydrogen) atoms. The van der Waals surface area contributed by atoms with E-state index in [1.165, 1.54) is 0 Å². The molecular weight excluding hydrogens is 63.0 g/mol. The van der Waals surface area contributed by atoms with E-state index in [-0.39, 0.29) is 18.9 Å². The van der Waals surface area contributed by atoms with Crippen LogP contribution in [-0.4, -0.2) is 29.9 Å². The van der Waals surface area contributed by atoms with Crippen molar-refractivity contribution in [1.29, 1.82) is 0 Å². The topological polar surface area (TPSA) is 37.3 Å². The summed E-state index contributed by atoms with van der Waals surface area (Å²) in [6, 6.07) is 0. The molecule has 0 saturated carbocycles. The second-order valence-electron chi connectivity index (χ2n) is 0.519. The van der Waals surface area contributed by atoms with Crippen molar-refractivity contribution in [3.63, 3.8) is 0 Å². The number of hydrogen-bond donors (Lipinski definition) is 1. The van der Waals surface area contributed by atoms with E-state index in [2.05, 4.69) is 0 Å². The van der Waals surface area contributed by atoms with E-state index >= 15 is 0 Å². The van der Waals surface area contributed by atoms with Gasteiger partial charge in [0.1, 0.15) is 0 Å². The van der Waals surface area contributed by atoms with Gasteiger partial charge in [-0.25, -0.2) is 0 Å². The van der Waals surface area contributed by atoms with Crippen LogP contribution in [0.5, 0.6) is 0 Å². The van der Waals surface area contributed by atoms with Crippen LogP contribution >= 0.6 is 0 Å². The summed E-state index contributed by atoms with van der Waals surface area (Å²) in [4.78, 5) is 9.00. The van der Waals surface area contributed by atoms with Gasteiger partial charge >= 0.3 is 18.9 Å². The first-order valence-corrected chi connectivity index (χ1v) is 0.928. The minimum atomic E-state index is -0.833. The Kier molecular flexibility index (Phi) is 7.25. The third-order valence-corrected chi connectivity index (χ3v) is 0. The van der Waals surface area contributed by atoms with Crippen LogP contribution < -0.4 is 0 Å². The average Bonchev–Trinajstić information content (AvgIpc) is 0.811. The van der Waals surface area contributed by atoms with E-state index in [1.807, 2.05) is 0 Å². The Morgan fingerprint density at radius 2 is 1.80 bits per heavy atom. The Morgan fingerprint density at radius 3 is 1.80 bits per heavy atom. The molecule has 0 saturated heterocycles. The van der Waals surface area contributed by atoms with E-state index in [0.29, 0.717) is 0 Å². The Balaban J connectivity index is 0. The molecule has 0 aliphatic heterocycles. The van der Waals surface area contributed by atoms with Crippen molar-refractivity contribution in [2.45, 2.75) is 6.92 Å². The number of carboxylic acid groups (broad SMARTS) is 1. The molecule has 0 aromatic carbocycles. The minimum absolute atomic E-state index is 0. The molecule has 26 valence electrons. The van der Waals surface area contributed by atoms with Crippen LogP contribution in [0.2, 0.25) is 0 Å². The molecule has 0 bridgehead atoms. The number of rotatable bonds is 0. The zero-order chi connectivity index (χ0) is 3.58. The summed E-state index contributed by atoms with van der Waals surface area (Å²) < 4.78 is 0. The number of aliphatic carboxylic acids is 1. The summed E-state index contributed by atoms with van der Waals surface area (Å²) in [5.41, 5.74) is 0. The normalized spacial score (nSPS) is 5.00. The van der Waals surface area contributed by atoms with Gasteiger partial charge < -0.3 is 5.11 Å². The first-order valence-electron chi connectivity index (χ1n) is 0.928. The second kappa shape index (κ2) is 4.07. The molecule has 0 heterocycles. The molecule has 0 aromatic heterocycles. The Labute approximate surface area is 42.4 Å². The van der Waals surface area contributed by atoms with E-state index in [9.17, 15) is 0 Å². The summed E-state index contributed by atoms with van der Waals surface area (Å²) >= 11 is 0. The first kappa shape index (κ1) is 8.91. The summed E-state index contributed by atoms with van der Waals surface area (Å²) in [5.74, 6) is -0.833. The van der Waals surface area contributed by atoms with Crippen LogP contribution in [0.3, 0.4) is 0 Å². The fourth-order valence-corrected chi connectivity index (χ4v) is 0. The number of carbonyl (C=O) groups is 1. The SMILES string of the molecule is CC(=O)O.[LiH]. The molecule has 0 aliphatic carbocycles. The maximum atomic E-state index is 9.00. The Morgan fingerprint density at radius 1 is 1.80 bits per heavy atom. The van der Waals surface area contributed by atoms with Crippen molar-refractivity contribution in [3.05, 3.63) is 0 Å². The maximum absolute atomic E-state index is 9.00. The van der Waals surface area contributed by atoms with Crippen molar-refractivity contribution in [3.8, 4) is 0 Å². The number of carboxylic acids is 1.